The number of halogens is 1. The summed E-state index contributed by atoms with van der Waals surface area (Å²) in [5.74, 6) is 1.79. The Kier molecular flexibility index (Phi) is 3.14. The second-order valence-electron chi connectivity index (χ2n) is 5.88. The summed E-state index contributed by atoms with van der Waals surface area (Å²) in [4.78, 5) is 2.10. The Morgan fingerprint density at radius 2 is 1.78 bits per heavy atom. The van der Waals surface area contributed by atoms with Crippen molar-refractivity contribution in [3.63, 3.8) is 0 Å². The van der Waals surface area contributed by atoms with Crippen molar-refractivity contribution in [3.05, 3.63) is 23.2 Å². The molecule has 1 aromatic carbocycles. The number of nitrogens with zero attached hydrogens (tertiary/aromatic N) is 1. The molecule has 0 aromatic heterocycles. The van der Waals surface area contributed by atoms with Gasteiger partial charge in [0.05, 0.1) is 16.4 Å². The molecular weight excluding hydrogens is 244 g/mol. The van der Waals surface area contributed by atoms with Crippen molar-refractivity contribution in [1.29, 1.82) is 0 Å². The molecule has 0 atom stereocenters. The minimum atomic E-state index is 0.669. The smallest absolute Gasteiger partial charge is 0.0786 e. The van der Waals surface area contributed by atoms with Crippen LogP contribution in [0, 0.1) is 11.8 Å². The van der Waals surface area contributed by atoms with E-state index in [4.69, 9.17) is 11.6 Å². The highest BCUT2D eigenvalue weighted by Gasteiger charge is 2.41. The molecule has 2 fully saturated rings. The molecule has 0 radical (unpaired) electrons. The van der Waals surface area contributed by atoms with Gasteiger partial charge in [0.2, 0.25) is 0 Å². The molecule has 2 nitrogen and oxygen atoms in total. The minimum absolute atomic E-state index is 0.669. The van der Waals surface area contributed by atoms with Gasteiger partial charge in [-0.05, 0) is 49.7 Å². The van der Waals surface area contributed by atoms with Gasteiger partial charge in [-0.15, -0.1) is 0 Å². The van der Waals surface area contributed by atoms with Crippen LogP contribution in [0.2, 0.25) is 5.02 Å². The average molecular weight is 265 g/mol. The fourth-order valence-corrected chi connectivity index (χ4v) is 3.14. The maximum atomic E-state index is 6.32. The van der Waals surface area contributed by atoms with Crippen molar-refractivity contribution in [1.82, 2.24) is 0 Å². The number of hydrogen-bond acceptors (Lipinski definition) is 2. The van der Waals surface area contributed by atoms with Gasteiger partial charge in [0, 0.05) is 20.1 Å². The van der Waals surface area contributed by atoms with E-state index in [0.717, 1.165) is 22.5 Å². The Morgan fingerprint density at radius 3 is 2.28 bits per heavy atom. The Morgan fingerprint density at radius 1 is 1.17 bits per heavy atom. The molecule has 2 saturated carbocycles. The van der Waals surface area contributed by atoms with Crippen LogP contribution in [0.15, 0.2) is 18.2 Å². The van der Waals surface area contributed by atoms with Crippen molar-refractivity contribution in [2.75, 3.05) is 24.3 Å². The van der Waals surface area contributed by atoms with E-state index in [9.17, 15) is 0 Å². The topological polar surface area (TPSA) is 15.3 Å². The first-order chi connectivity index (χ1) is 8.66. The standard InChI is InChI=1S/C15H21ClN2/c1-18(2)15-12(16)4-3-5-13(15)17-14(10-6-7-10)11-8-9-11/h3-5,10-11,14,17H,6-9H2,1-2H3. The van der Waals surface area contributed by atoms with Gasteiger partial charge in [-0.3, -0.25) is 0 Å². The van der Waals surface area contributed by atoms with Gasteiger partial charge in [0.15, 0.2) is 0 Å². The monoisotopic (exact) mass is 264 g/mol. The highest BCUT2D eigenvalue weighted by molar-refractivity contribution is 6.34. The van der Waals surface area contributed by atoms with Crippen LogP contribution in [-0.4, -0.2) is 20.1 Å². The number of hydrogen-bond donors (Lipinski definition) is 1. The van der Waals surface area contributed by atoms with E-state index in [-0.39, 0.29) is 0 Å². The van der Waals surface area contributed by atoms with Crippen LogP contribution in [0.4, 0.5) is 11.4 Å². The number of rotatable bonds is 5. The minimum Gasteiger partial charge on any atom is -0.380 e. The van der Waals surface area contributed by atoms with E-state index < -0.39 is 0 Å². The summed E-state index contributed by atoms with van der Waals surface area (Å²) in [6.07, 6.45) is 5.58. The lowest BCUT2D eigenvalue weighted by Crippen LogP contribution is -2.25. The molecule has 1 aromatic rings. The molecular formula is C15H21ClN2. The Bertz CT molecular complexity index is 424. The van der Waals surface area contributed by atoms with Crippen LogP contribution in [0.5, 0.6) is 0 Å². The second-order valence-corrected chi connectivity index (χ2v) is 6.28. The van der Waals surface area contributed by atoms with Crippen LogP contribution in [0.25, 0.3) is 0 Å². The summed E-state index contributed by atoms with van der Waals surface area (Å²) in [6, 6.07) is 6.82. The Balaban J connectivity index is 1.84. The van der Waals surface area contributed by atoms with E-state index in [2.05, 4.69) is 30.4 Å². The van der Waals surface area contributed by atoms with Gasteiger partial charge in [-0.25, -0.2) is 0 Å². The van der Waals surface area contributed by atoms with Crippen LogP contribution in [0.1, 0.15) is 25.7 Å². The van der Waals surface area contributed by atoms with E-state index in [1.54, 1.807) is 0 Å². The van der Waals surface area contributed by atoms with Gasteiger partial charge in [-0.1, -0.05) is 17.7 Å². The largest absolute Gasteiger partial charge is 0.380 e. The lowest BCUT2D eigenvalue weighted by Gasteiger charge is -2.25. The maximum Gasteiger partial charge on any atom is 0.0786 e. The third-order valence-electron chi connectivity index (χ3n) is 4.02. The zero-order chi connectivity index (χ0) is 12.7. The predicted octanol–water partition coefficient (Wildman–Crippen LogP) is 4.01. The molecule has 0 amide bonds. The fourth-order valence-electron chi connectivity index (χ4n) is 2.80. The van der Waals surface area contributed by atoms with Crippen molar-refractivity contribution >= 4 is 23.0 Å². The first-order valence-electron chi connectivity index (χ1n) is 6.89. The van der Waals surface area contributed by atoms with Crippen LogP contribution >= 0.6 is 11.6 Å². The lowest BCUT2D eigenvalue weighted by atomic mass is 10.1. The summed E-state index contributed by atoms with van der Waals surface area (Å²) in [5.41, 5.74) is 2.31. The molecule has 0 heterocycles. The first-order valence-corrected chi connectivity index (χ1v) is 7.27. The third-order valence-corrected chi connectivity index (χ3v) is 4.32. The molecule has 2 aliphatic carbocycles. The fraction of sp³-hybridized carbons (Fsp3) is 0.600. The van der Waals surface area contributed by atoms with Crippen molar-refractivity contribution in [3.8, 4) is 0 Å². The van der Waals surface area contributed by atoms with E-state index in [1.807, 2.05) is 12.1 Å². The second kappa shape index (κ2) is 4.65. The molecule has 0 saturated heterocycles. The zero-order valence-electron chi connectivity index (χ0n) is 11.1. The van der Waals surface area contributed by atoms with E-state index in [0.29, 0.717) is 6.04 Å². The molecule has 0 spiro atoms. The normalized spacial score (nSPS) is 19.1. The highest BCUT2D eigenvalue weighted by atomic mass is 35.5. The number of anilines is 2. The van der Waals surface area contributed by atoms with Gasteiger partial charge < -0.3 is 10.2 Å². The summed E-state index contributed by atoms with van der Waals surface area (Å²) >= 11 is 6.32. The summed E-state index contributed by atoms with van der Waals surface area (Å²) < 4.78 is 0. The Hall–Kier alpha value is -0.890. The van der Waals surface area contributed by atoms with Crippen molar-refractivity contribution in [2.45, 2.75) is 31.7 Å². The molecule has 18 heavy (non-hydrogen) atoms. The van der Waals surface area contributed by atoms with Gasteiger partial charge in [0.1, 0.15) is 0 Å². The Labute approximate surface area is 114 Å². The zero-order valence-corrected chi connectivity index (χ0v) is 11.9. The van der Waals surface area contributed by atoms with E-state index in [1.165, 1.54) is 31.4 Å². The summed E-state index contributed by atoms with van der Waals surface area (Å²) in [7, 11) is 4.10. The summed E-state index contributed by atoms with van der Waals surface area (Å²) in [6.45, 7) is 0. The molecule has 1 N–H and O–H groups in total. The van der Waals surface area contributed by atoms with Crippen molar-refractivity contribution in [2.24, 2.45) is 11.8 Å². The van der Waals surface area contributed by atoms with Crippen molar-refractivity contribution < 1.29 is 0 Å². The number of para-hydroxylation sites is 1. The predicted molar refractivity (Wildman–Crippen MR) is 78.6 cm³/mol. The van der Waals surface area contributed by atoms with Crippen LogP contribution in [0.3, 0.4) is 0 Å². The quantitative estimate of drug-likeness (QED) is 0.865. The molecule has 0 aliphatic heterocycles. The first kappa shape index (κ1) is 12.2. The van der Waals surface area contributed by atoms with Gasteiger partial charge in [0.25, 0.3) is 0 Å². The molecule has 0 bridgehead atoms. The molecule has 0 unspecified atom stereocenters. The van der Waals surface area contributed by atoms with Gasteiger partial charge in [-0.2, -0.15) is 0 Å². The van der Waals surface area contributed by atoms with E-state index >= 15 is 0 Å². The molecule has 3 rings (SSSR count). The van der Waals surface area contributed by atoms with Crippen LogP contribution < -0.4 is 10.2 Å². The van der Waals surface area contributed by atoms with Crippen LogP contribution in [-0.2, 0) is 0 Å². The average Bonchev–Trinajstić information content (AvgIpc) is 3.17. The maximum absolute atomic E-state index is 6.32. The number of nitrogens with one attached hydrogen (secondary N) is 1. The molecule has 98 valence electrons. The lowest BCUT2D eigenvalue weighted by molar-refractivity contribution is 0.568. The third kappa shape index (κ3) is 2.44. The number of benzene rings is 1. The SMILES string of the molecule is CN(C)c1c(Cl)cccc1NC(C1CC1)C1CC1. The molecule has 2 aliphatic rings. The van der Waals surface area contributed by atoms with Gasteiger partial charge >= 0.3 is 0 Å². The highest BCUT2D eigenvalue weighted by Crippen LogP contribution is 2.47. The molecule has 3 heteroatoms. The summed E-state index contributed by atoms with van der Waals surface area (Å²) in [5, 5.41) is 4.60.